The van der Waals surface area contributed by atoms with Crippen molar-refractivity contribution in [2.24, 2.45) is 0 Å². The molecule has 48 heavy (non-hydrogen) atoms. The predicted octanol–water partition coefficient (Wildman–Crippen LogP) is 0.434. The number of aryl methyl sites for hydroxylation is 2. The Bertz CT molecular complexity index is 1430. The number of carbonyl (C=O) groups excluding carboxylic acids is 7. The summed E-state index contributed by atoms with van der Waals surface area (Å²) in [7, 11) is 0.966. The molecule has 2 rings (SSSR count). The molecule has 17 heteroatoms. The van der Waals surface area contributed by atoms with E-state index in [2.05, 4.69) is 10.6 Å². The van der Waals surface area contributed by atoms with E-state index in [1.54, 1.807) is 13.8 Å². The third-order valence-electron chi connectivity index (χ3n) is 7.07. The molecule has 1 saturated heterocycles. The smallest absolute Gasteiger partial charge is 0.338 e. The predicted molar refractivity (Wildman–Crippen MR) is 160 cm³/mol. The molecule has 264 valence electrons. The van der Waals surface area contributed by atoms with Gasteiger partial charge in [-0.3, -0.25) is 33.6 Å². The molecule has 0 aromatic heterocycles. The summed E-state index contributed by atoms with van der Waals surface area (Å²) in [5.41, 5.74) is -1.29. The SMILES string of the molecule is COC(=O)[C@@]1(CC(=O)O)C[C@H](OC(C)=O)[C@@H](NC(C)=O)[C@H]([C@H](OC(C)=O)[C@@H](CNC(=O)c2cc(C)c(OC(C)=O)c(C)c2)OC(C)=O)O1. The largest absolute Gasteiger partial charge is 0.481 e. The summed E-state index contributed by atoms with van der Waals surface area (Å²) in [4.78, 5) is 99.1. The number of amides is 2. The number of esters is 5. The van der Waals surface area contributed by atoms with Gasteiger partial charge in [0, 0.05) is 46.6 Å². The van der Waals surface area contributed by atoms with Crippen LogP contribution in [-0.4, -0.2) is 102 Å². The molecule has 3 N–H and O–H groups in total. The molecule has 1 aromatic carbocycles. The molecule has 6 atom stereocenters. The van der Waals surface area contributed by atoms with E-state index >= 15 is 0 Å². The number of carboxylic acid groups (broad SMARTS) is 1. The second-order valence-corrected chi connectivity index (χ2v) is 11.2. The van der Waals surface area contributed by atoms with Gasteiger partial charge in [-0.1, -0.05) is 0 Å². The minimum absolute atomic E-state index is 0.123. The highest BCUT2D eigenvalue weighted by Crippen LogP contribution is 2.38. The van der Waals surface area contributed by atoms with Crippen LogP contribution in [0.2, 0.25) is 0 Å². The van der Waals surface area contributed by atoms with E-state index in [1.165, 1.54) is 19.1 Å². The van der Waals surface area contributed by atoms with Crippen LogP contribution in [-0.2, 0) is 57.2 Å². The standard InChI is InChI=1S/C31H40N2O15/c1-14-9-21(10-15(2)26(14)46-19(6)37)29(41)32-13-23(45-18(5)36)27(47-20(7)38)28-25(33-16(3)34)22(44-17(4)35)11-31(48-28,12-24(39)40)30(42)43-8/h9-10,22-23,25,27-28H,11-13H2,1-8H3,(H,32,41)(H,33,34)(H,39,40)/t22-,23+,25+,27+,28+,31-/m0/s1. The summed E-state index contributed by atoms with van der Waals surface area (Å²) in [5, 5.41) is 14.8. The molecule has 0 spiro atoms. The fraction of sp³-hybridized carbons (Fsp3) is 0.548. The first-order valence-corrected chi connectivity index (χ1v) is 14.6. The summed E-state index contributed by atoms with van der Waals surface area (Å²) in [6, 6.07) is 1.49. The number of methoxy groups -OCH3 is 1. The number of ether oxygens (including phenoxy) is 6. The quantitative estimate of drug-likeness (QED) is 0.146. The van der Waals surface area contributed by atoms with Gasteiger partial charge in [-0.25, -0.2) is 4.79 Å². The second kappa shape index (κ2) is 16.7. The van der Waals surface area contributed by atoms with Gasteiger partial charge in [-0.15, -0.1) is 0 Å². The summed E-state index contributed by atoms with van der Waals surface area (Å²) >= 11 is 0. The van der Waals surface area contributed by atoms with Crippen molar-refractivity contribution in [3.8, 4) is 5.75 Å². The van der Waals surface area contributed by atoms with Crippen molar-refractivity contribution < 1.29 is 71.9 Å². The average Bonchev–Trinajstić information content (AvgIpc) is 2.95. The number of hydrogen-bond donors (Lipinski definition) is 3. The average molecular weight is 681 g/mol. The highest BCUT2D eigenvalue weighted by atomic mass is 16.6. The molecule has 1 aliphatic heterocycles. The summed E-state index contributed by atoms with van der Waals surface area (Å²) in [6.45, 7) is 8.09. The van der Waals surface area contributed by atoms with Crippen molar-refractivity contribution in [2.75, 3.05) is 13.7 Å². The van der Waals surface area contributed by atoms with E-state index in [-0.39, 0.29) is 11.3 Å². The zero-order chi connectivity index (χ0) is 36.5. The molecule has 0 unspecified atom stereocenters. The molecular formula is C31H40N2O15. The number of carbonyl (C=O) groups is 8. The Kier molecular flexibility index (Phi) is 13.6. The minimum Gasteiger partial charge on any atom is -0.481 e. The normalized spacial score (nSPS) is 21.4. The van der Waals surface area contributed by atoms with Crippen LogP contribution in [0.3, 0.4) is 0 Å². The molecule has 0 radical (unpaired) electrons. The number of aliphatic carboxylic acids is 1. The molecule has 1 heterocycles. The van der Waals surface area contributed by atoms with Gasteiger partial charge in [0.25, 0.3) is 5.91 Å². The molecule has 1 aliphatic rings. The third kappa shape index (κ3) is 10.5. The van der Waals surface area contributed by atoms with Crippen molar-refractivity contribution >= 4 is 47.6 Å². The monoisotopic (exact) mass is 680 g/mol. The van der Waals surface area contributed by atoms with Crippen LogP contribution in [0, 0.1) is 13.8 Å². The highest BCUT2D eigenvalue weighted by molar-refractivity contribution is 5.95. The molecule has 1 fully saturated rings. The lowest BCUT2D eigenvalue weighted by Gasteiger charge is -2.48. The van der Waals surface area contributed by atoms with Crippen molar-refractivity contribution in [1.29, 1.82) is 0 Å². The van der Waals surface area contributed by atoms with Crippen LogP contribution in [0.25, 0.3) is 0 Å². The van der Waals surface area contributed by atoms with Crippen molar-refractivity contribution in [1.82, 2.24) is 10.6 Å². The third-order valence-corrected chi connectivity index (χ3v) is 7.07. The van der Waals surface area contributed by atoms with Crippen LogP contribution < -0.4 is 15.4 Å². The lowest BCUT2D eigenvalue weighted by atomic mass is 9.81. The van der Waals surface area contributed by atoms with Crippen LogP contribution in [0.4, 0.5) is 0 Å². The van der Waals surface area contributed by atoms with Crippen LogP contribution in [0.1, 0.15) is 68.9 Å². The molecule has 17 nitrogen and oxygen atoms in total. The zero-order valence-corrected chi connectivity index (χ0v) is 27.8. The lowest BCUT2D eigenvalue weighted by molar-refractivity contribution is -0.241. The highest BCUT2D eigenvalue weighted by Gasteiger charge is 2.58. The van der Waals surface area contributed by atoms with Gasteiger partial charge < -0.3 is 44.2 Å². The Morgan fingerprint density at radius 3 is 1.96 bits per heavy atom. The summed E-state index contributed by atoms with van der Waals surface area (Å²) < 4.78 is 32.5. The Morgan fingerprint density at radius 2 is 1.50 bits per heavy atom. The Morgan fingerprint density at radius 1 is 0.917 bits per heavy atom. The van der Waals surface area contributed by atoms with Gasteiger partial charge >= 0.3 is 35.8 Å². The van der Waals surface area contributed by atoms with Crippen LogP contribution in [0.5, 0.6) is 5.75 Å². The number of hydrogen-bond acceptors (Lipinski definition) is 14. The van der Waals surface area contributed by atoms with Gasteiger partial charge in [-0.05, 0) is 37.1 Å². The van der Waals surface area contributed by atoms with Crippen LogP contribution >= 0.6 is 0 Å². The van der Waals surface area contributed by atoms with Gasteiger partial charge in [0.2, 0.25) is 5.91 Å². The molecule has 1 aromatic rings. The maximum absolute atomic E-state index is 13.3. The Labute approximate surface area is 275 Å². The van der Waals surface area contributed by atoms with Crippen molar-refractivity contribution in [3.05, 3.63) is 28.8 Å². The zero-order valence-electron chi connectivity index (χ0n) is 27.8. The first kappa shape index (κ1) is 39.1. The van der Waals surface area contributed by atoms with Gasteiger partial charge in [0.05, 0.1) is 26.1 Å². The number of rotatable bonds is 13. The lowest BCUT2D eigenvalue weighted by Crippen LogP contribution is -2.69. The van der Waals surface area contributed by atoms with Crippen molar-refractivity contribution in [3.63, 3.8) is 0 Å². The first-order valence-electron chi connectivity index (χ1n) is 14.6. The maximum atomic E-state index is 13.3. The second-order valence-electron chi connectivity index (χ2n) is 11.2. The first-order chi connectivity index (χ1) is 22.3. The van der Waals surface area contributed by atoms with Gasteiger partial charge in [0.1, 0.15) is 18.0 Å². The van der Waals surface area contributed by atoms with E-state index in [4.69, 9.17) is 28.4 Å². The Balaban J connectivity index is 2.67. The molecule has 0 aliphatic carbocycles. The molecule has 2 amide bonds. The van der Waals surface area contributed by atoms with E-state index in [1.807, 2.05) is 0 Å². The minimum atomic E-state index is -2.35. The number of carboxylic acids is 1. The van der Waals surface area contributed by atoms with Crippen LogP contribution in [0.15, 0.2) is 12.1 Å². The fourth-order valence-electron chi connectivity index (χ4n) is 5.47. The van der Waals surface area contributed by atoms with E-state index in [0.717, 1.165) is 34.8 Å². The van der Waals surface area contributed by atoms with Gasteiger partial charge in [0.15, 0.2) is 17.8 Å². The number of nitrogens with one attached hydrogen (secondary N) is 2. The topological polar surface area (TPSA) is 236 Å². The molecule has 0 bridgehead atoms. The Hall–Kier alpha value is -5.06. The maximum Gasteiger partial charge on any atom is 0.338 e. The van der Waals surface area contributed by atoms with Gasteiger partial charge in [-0.2, -0.15) is 0 Å². The number of benzene rings is 1. The van der Waals surface area contributed by atoms with E-state index in [9.17, 15) is 43.5 Å². The fourth-order valence-corrected chi connectivity index (χ4v) is 5.47. The molecule has 0 saturated carbocycles. The van der Waals surface area contributed by atoms with E-state index in [0.29, 0.717) is 11.1 Å². The molecular weight excluding hydrogens is 640 g/mol. The summed E-state index contributed by atoms with van der Waals surface area (Å²) in [6.07, 6.45) is -8.13. The van der Waals surface area contributed by atoms with Crippen molar-refractivity contribution in [2.45, 2.75) is 97.4 Å². The van der Waals surface area contributed by atoms with E-state index < -0.39 is 103 Å². The summed E-state index contributed by atoms with van der Waals surface area (Å²) in [5.74, 6) is -7.11.